The SMILES string of the molecule is COc1nc2c(nc(N)n2[C@@H]2OC[C@@H](O)[C@@H](O)[C@H]2O)c(=O)n1C. The summed E-state index contributed by atoms with van der Waals surface area (Å²) < 4.78 is 12.7. The van der Waals surface area contributed by atoms with Crippen LogP contribution in [0.2, 0.25) is 0 Å². The average molecular weight is 327 g/mol. The molecule has 0 bridgehead atoms. The Hall–Kier alpha value is -2.21. The summed E-state index contributed by atoms with van der Waals surface area (Å²) in [5.74, 6) is -0.120. The molecule has 0 saturated carbocycles. The highest BCUT2D eigenvalue weighted by Crippen LogP contribution is 2.29. The van der Waals surface area contributed by atoms with Crippen molar-refractivity contribution in [1.82, 2.24) is 19.1 Å². The molecule has 1 saturated heterocycles. The topological polar surface area (TPSA) is 158 Å². The molecular formula is C12H17N5O6. The number of nitrogens with two attached hydrogens (primary N) is 1. The van der Waals surface area contributed by atoms with Gasteiger partial charge in [0.1, 0.15) is 18.3 Å². The minimum absolute atomic E-state index is 0.0227. The van der Waals surface area contributed by atoms with Crippen LogP contribution in [0.15, 0.2) is 4.79 Å². The average Bonchev–Trinajstić information content (AvgIpc) is 2.85. The highest BCUT2D eigenvalue weighted by Gasteiger charge is 2.40. The van der Waals surface area contributed by atoms with Gasteiger partial charge in [-0.15, -0.1) is 0 Å². The van der Waals surface area contributed by atoms with Crippen LogP contribution in [0.25, 0.3) is 11.2 Å². The molecule has 4 atom stereocenters. The number of ether oxygens (including phenoxy) is 2. The van der Waals surface area contributed by atoms with E-state index < -0.39 is 30.1 Å². The van der Waals surface area contributed by atoms with E-state index in [1.54, 1.807) is 0 Å². The van der Waals surface area contributed by atoms with E-state index in [2.05, 4.69) is 9.97 Å². The zero-order chi connectivity index (χ0) is 16.9. The molecule has 3 heterocycles. The summed E-state index contributed by atoms with van der Waals surface area (Å²) in [5, 5.41) is 29.5. The molecule has 0 radical (unpaired) electrons. The number of rotatable bonds is 2. The van der Waals surface area contributed by atoms with Crippen molar-refractivity contribution in [2.75, 3.05) is 19.5 Å². The van der Waals surface area contributed by atoms with E-state index in [4.69, 9.17) is 15.2 Å². The van der Waals surface area contributed by atoms with Crippen LogP contribution in [0.1, 0.15) is 6.23 Å². The molecule has 2 aromatic rings. The van der Waals surface area contributed by atoms with E-state index >= 15 is 0 Å². The molecule has 0 spiro atoms. The van der Waals surface area contributed by atoms with Crippen molar-refractivity contribution in [3.63, 3.8) is 0 Å². The molecule has 1 aliphatic heterocycles. The number of aromatic nitrogens is 4. The van der Waals surface area contributed by atoms with Gasteiger partial charge < -0.3 is 30.5 Å². The number of imidazole rings is 1. The number of aliphatic hydroxyl groups is 3. The van der Waals surface area contributed by atoms with Crippen molar-refractivity contribution in [3.8, 4) is 6.01 Å². The summed E-state index contributed by atoms with van der Waals surface area (Å²) in [7, 11) is 2.82. The van der Waals surface area contributed by atoms with Crippen LogP contribution < -0.4 is 16.0 Å². The van der Waals surface area contributed by atoms with Crippen molar-refractivity contribution < 1.29 is 24.8 Å². The Labute approximate surface area is 129 Å². The molecule has 11 nitrogen and oxygen atoms in total. The Morgan fingerprint density at radius 1 is 1.30 bits per heavy atom. The third-order valence-electron chi connectivity index (χ3n) is 3.82. The second-order valence-corrected chi connectivity index (χ2v) is 5.25. The maximum Gasteiger partial charge on any atom is 0.300 e. The van der Waals surface area contributed by atoms with Crippen molar-refractivity contribution >= 4 is 17.1 Å². The van der Waals surface area contributed by atoms with E-state index in [0.717, 1.165) is 4.57 Å². The lowest BCUT2D eigenvalue weighted by molar-refractivity contribution is -0.209. The fraction of sp³-hybridized carbons (Fsp3) is 0.583. The predicted octanol–water partition coefficient (Wildman–Crippen LogP) is -2.67. The maximum absolute atomic E-state index is 12.3. The Morgan fingerprint density at radius 3 is 2.65 bits per heavy atom. The van der Waals surface area contributed by atoms with Crippen molar-refractivity contribution in [3.05, 3.63) is 10.4 Å². The van der Waals surface area contributed by atoms with E-state index in [1.807, 2.05) is 0 Å². The van der Waals surface area contributed by atoms with Gasteiger partial charge in [0.2, 0.25) is 5.95 Å². The molecule has 0 aliphatic carbocycles. The van der Waals surface area contributed by atoms with Crippen LogP contribution in [0.3, 0.4) is 0 Å². The molecule has 0 unspecified atom stereocenters. The Balaban J connectivity index is 2.20. The smallest absolute Gasteiger partial charge is 0.300 e. The zero-order valence-corrected chi connectivity index (χ0v) is 12.4. The number of hydrogen-bond acceptors (Lipinski definition) is 9. The Morgan fingerprint density at radius 2 is 2.00 bits per heavy atom. The van der Waals surface area contributed by atoms with Gasteiger partial charge in [-0.05, 0) is 0 Å². The largest absolute Gasteiger partial charge is 0.468 e. The lowest BCUT2D eigenvalue weighted by Gasteiger charge is -2.36. The third-order valence-corrected chi connectivity index (χ3v) is 3.82. The van der Waals surface area contributed by atoms with E-state index in [1.165, 1.54) is 18.7 Å². The van der Waals surface area contributed by atoms with Gasteiger partial charge in [0.05, 0.1) is 13.7 Å². The molecule has 23 heavy (non-hydrogen) atoms. The fourth-order valence-corrected chi connectivity index (χ4v) is 2.55. The maximum atomic E-state index is 12.3. The van der Waals surface area contributed by atoms with Crippen LogP contribution in [-0.4, -0.2) is 66.5 Å². The second-order valence-electron chi connectivity index (χ2n) is 5.25. The van der Waals surface area contributed by atoms with Gasteiger partial charge in [-0.1, -0.05) is 0 Å². The van der Waals surface area contributed by atoms with Crippen LogP contribution in [-0.2, 0) is 11.8 Å². The third kappa shape index (κ3) is 2.25. The number of aliphatic hydroxyl groups excluding tert-OH is 3. The lowest BCUT2D eigenvalue weighted by Crippen LogP contribution is -2.50. The molecule has 5 N–H and O–H groups in total. The van der Waals surface area contributed by atoms with E-state index in [9.17, 15) is 20.1 Å². The minimum atomic E-state index is -1.48. The molecule has 3 rings (SSSR count). The standard InChI is InChI=1S/C12H17N5O6/c1-16-9(21)5-8(15-12(16)22-2)17(11(13)14-5)10-7(20)6(19)4(18)3-23-10/h4,6-7,10,18-20H,3H2,1-2H3,(H2,13,14)/t4-,6-,7-,10-/m1/s1. The predicted molar refractivity (Wildman–Crippen MR) is 76.7 cm³/mol. The number of anilines is 1. The Kier molecular flexibility index (Phi) is 3.72. The van der Waals surface area contributed by atoms with Crippen molar-refractivity contribution in [2.24, 2.45) is 7.05 Å². The van der Waals surface area contributed by atoms with E-state index in [0.29, 0.717) is 0 Å². The quantitative estimate of drug-likeness (QED) is 0.461. The Bertz CT molecular complexity index is 801. The molecule has 0 amide bonds. The first-order valence-electron chi connectivity index (χ1n) is 6.81. The van der Waals surface area contributed by atoms with E-state index in [-0.39, 0.29) is 29.7 Å². The first-order valence-corrected chi connectivity index (χ1v) is 6.81. The molecule has 2 aromatic heterocycles. The van der Waals surface area contributed by atoms with Gasteiger partial charge in [-0.3, -0.25) is 13.9 Å². The van der Waals surface area contributed by atoms with Crippen LogP contribution >= 0.6 is 0 Å². The molecule has 126 valence electrons. The van der Waals surface area contributed by atoms with Crippen LogP contribution in [0, 0.1) is 0 Å². The first-order chi connectivity index (χ1) is 10.9. The summed E-state index contributed by atoms with van der Waals surface area (Å²) in [6.07, 6.45) is -5.29. The van der Waals surface area contributed by atoms with Crippen LogP contribution in [0.5, 0.6) is 6.01 Å². The second kappa shape index (κ2) is 5.45. The molecular weight excluding hydrogens is 310 g/mol. The summed E-state index contributed by atoms with van der Waals surface area (Å²) in [5.41, 5.74) is 5.37. The first kappa shape index (κ1) is 15.7. The van der Waals surface area contributed by atoms with Gasteiger partial charge in [-0.2, -0.15) is 4.98 Å². The highest BCUT2D eigenvalue weighted by molar-refractivity contribution is 5.73. The summed E-state index contributed by atoms with van der Waals surface area (Å²) in [6.45, 7) is -0.218. The van der Waals surface area contributed by atoms with Crippen molar-refractivity contribution in [2.45, 2.75) is 24.5 Å². The van der Waals surface area contributed by atoms with Gasteiger partial charge >= 0.3 is 6.01 Å². The molecule has 0 aromatic carbocycles. The fourth-order valence-electron chi connectivity index (χ4n) is 2.55. The number of methoxy groups -OCH3 is 1. The number of nitrogens with zero attached hydrogens (tertiary/aromatic N) is 4. The van der Waals surface area contributed by atoms with Gasteiger partial charge in [-0.25, -0.2) is 4.98 Å². The van der Waals surface area contributed by atoms with Crippen molar-refractivity contribution in [1.29, 1.82) is 0 Å². The monoisotopic (exact) mass is 327 g/mol. The van der Waals surface area contributed by atoms with Gasteiger partial charge in [0, 0.05) is 7.05 Å². The normalized spacial score (nSPS) is 28.2. The molecule has 1 aliphatic rings. The summed E-state index contributed by atoms with van der Waals surface area (Å²) in [4.78, 5) is 20.4. The highest BCUT2D eigenvalue weighted by atomic mass is 16.5. The molecule has 1 fully saturated rings. The number of fused-ring (bicyclic) bond motifs is 1. The zero-order valence-electron chi connectivity index (χ0n) is 12.4. The summed E-state index contributed by atoms with van der Waals surface area (Å²) in [6, 6.07) is 0.0227. The molecule has 11 heteroatoms. The lowest BCUT2D eigenvalue weighted by atomic mass is 10.0. The number of hydrogen-bond donors (Lipinski definition) is 4. The van der Waals surface area contributed by atoms with Crippen LogP contribution in [0.4, 0.5) is 5.95 Å². The number of nitrogen functional groups attached to an aromatic ring is 1. The van der Waals surface area contributed by atoms with Gasteiger partial charge in [0.25, 0.3) is 5.56 Å². The minimum Gasteiger partial charge on any atom is -0.468 e. The van der Waals surface area contributed by atoms with Gasteiger partial charge in [0.15, 0.2) is 17.4 Å². The summed E-state index contributed by atoms with van der Waals surface area (Å²) >= 11 is 0.